The lowest BCUT2D eigenvalue weighted by Gasteiger charge is -2.37. The van der Waals surface area contributed by atoms with Crippen LogP contribution in [0.25, 0.3) is 11.1 Å². The molecule has 1 amide bonds. The van der Waals surface area contributed by atoms with Crippen LogP contribution >= 0.6 is 11.6 Å². The predicted octanol–water partition coefficient (Wildman–Crippen LogP) is 3.99. The fourth-order valence-corrected chi connectivity index (χ4v) is 3.90. The maximum absolute atomic E-state index is 13.3. The van der Waals surface area contributed by atoms with Gasteiger partial charge in [-0.2, -0.15) is 5.10 Å². The number of hydrogen-bond donors (Lipinski definition) is 3. The van der Waals surface area contributed by atoms with Gasteiger partial charge in [0.2, 0.25) is 5.91 Å². The molecule has 1 aliphatic rings. The van der Waals surface area contributed by atoms with Crippen LogP contribution in [0.1, 0.15) is 18.4 Å². The monoisotopic (exact) mass is 380 g/mol. The number of nitrogens with one attached hydrogen (secondary N) is 3. The van der Waals surface area contributed by atoms with E-state index in [1.54, 1.807) is 18.3 Å². The van der Waals surface area contributed by atoms with Gasteiger partial charge in [0.15, 0.2) is 0 Å². The van der Waals surface area contributed by atoms with E-state index in [0.29, 0.717) is 5.02 Å². The fourth-order valence-electron chi connectivity index (χ4n) is 3.71. The van der Waals surface area contributed by atoms with Gasteiger partial charge in [0, 0.05) is 22.5 Å². The minimum atomic E-state index is -0.553. The van der Waals surface area contributed by atoms with Gasteiger partial charge >= 0.3 is 0 Å². The van der Waals surface area contributed by atoms with Crippen LogP contribution in [0.15, 0.2) is 60.9 Å². The van der Waals surface area contributed by atoms with Crippen LogP contribution in [-0.2, 0) is 10.2 Å². The van der Waals surface area contributed by atoms with Crippen LogP contribution in [0, 0.1) is 0 Å². The number of amides is 1. The Balaban J connectivity index is 1.64. The molecule has 0 bridgehead atoms. The lowest BCUT2D eigenvalue weighted by atomic mass is 9.72. The fraction of sp³-hybridized carbons (Fsp3) is 0.238. The number of piperidine rings is 1. The lowest BCUT2D eigenvalue weighted by molar-refractivity contribution is -0.122. The van der Waals surface area contributed by atoms with E-state index in [1.807, 2.05) is 18.3 Å². The standard InChI is InChI=1S/C21H21ClN4O/c22-18-2-1-3-19(12-18)26-20(27)21(8-10-23-11-9-21)17-6-4-15(5-7-17)16-13-24-25-14-16/h1-7,12-14,23H,8-11H2,(H,24,25)(H,26,27). The van der Waals surface area contributed by atoms with Gasteiger partial charge in [0.05, 0.1) is 11.6 Å². The van der Waals surface area contributed by atoms with Crippen LogP contribution in [0.4, 0.5) is 5.69 Å². The third-order valence-corrected chi connectivity index (χ3v) is 5.48. The van der Waals surface area contributed by atoms with Gasteiger partial charge in [-0.3, -0.25) is 9.89 Å². The molecule has 4 rings (SSSR count). The van der Waals surface area contributed by atoms with E-state index >= 15 is 0 Å². The van der Waals surface area contributed by atoms with E-state index in [4.69, 9.17) is 11.6 Å². The third kappa shape index (κ3) is 3.61. The van der Waals surface area contributed by atoms with Crippen LogP contribution in [-0.4, -0.2) is 29.2 Å². The quantitative estimate of drug-likeness (QED) is 0.641. The summed E-state index contributed by atoms with van der Waals surface area (Å²) in [5.74, 6) is 0.0160. The molecule has 0 aliphatic carbocycles. The Labute approximate surface area is 163 Å². The van der Waals surface area contributed by atoms with E-state index < -0.39 is 5.41 Å². The van der Waals surface area contributed by atoms with Crippen molar-refractivity contribution in [3.8, 4) is 11.1 Å². The summed E-state index contributed by atoms with van der Waals surface area (Å²) < 4.78 is 0. The highest BCUT2D eigenvalue weighted by atomic mass is 35.5. The largest absolute Gasteiger partial charge is 0.325 e. The molecule has 138 valence electrons. The number of rotatable bonds is 4. The molecule has 5 nitrogen and oxygen atoms in total. The Morgan fingerprint density at radius 1 is 1.07 bits per heavy atom. The maximum Gasteiger partial charge on any atom is 0.235 e. The molecule has 2 aromatic carbocycles. The minimum Gasteiger partial charge on any atom is -0.325 e. The normalized spacial score (nSPS) is 16.0. The molecule has 6 heteroatoms. The van der Waals surface area contributed by atoms with Gasteiger partial charge in [0.25, 0.3) is 0 Å². The summed E-state index contributed by atoms with van der Waals surface area (Å²) in [5, 5.41) is 13.9. The number of aromatic amines is 1. The molecule has 2 heterocycles. The molecule has 0 atom stereocenters. The van der Waals surface area contributed by atoms with E-state index in [9.17, 15) is 4.79 Å². The van der Waals surface area contributed by atoms with Crippen LogP contribution < -0.4 is 10.6 Å². The smallest absolute Gasteiger partial charge is 0.235 e. The first-order chi connectivity index (χ1) is 13.2. The topological polar surface area (TPSA) is 69.8 Å². The number of carbonyl (C=O) groups excluding carboxylic acids is 1. The molecule has 1 saturated heterocycles. The highest BCUT2D eigenvalue weighted by Crippen LogP contribution is 2.36. The number of hydrogen-bond acceptors (Lipinski definition) is 3. The summed E-state index contributed by atoms with van der Waals surface area (Å²) in [6.07, 6.45) is 5.16. The van der Waals surface area contributed by atoms with Gasteiger partial charge in [-0.1, -0.05) is 41.9 Å². The Bertz CT molecular complexity index is 916. The van der Waals surface area contributed by atoms with Crippen molar-refractivity contribution >= 4 is 23.2 Å². The number of benzene rings is 2. The van der Waals surface area contributed by atoms with Crippen molar-refractivity contribution in [2.75, 3.05) is 18.4 Å². The number of aromatic nitrogens is 2. The third-order valence-electron chi connectivity index (χ3n) is 5.24. The van der Waals surface area contributed by atoms with Gasteiger partial charge in [-0.05, 0) is 55.3 Å². The number of H-pyrrole nitrogens is 1. The molecule has 0 radical (unpaired) electrons. The molecule has 0 saturated carbocycles. The molecule has 1 fully saturated rings. The molecule has 0 unspecified atom stereocenters. The predicted molar refractivity (Wildman–Crippen MR) is 108 cm³/mol. The molecule has 27 heavy (non-hydrogen) atoms. The van der Waals surface area contributed by atoms with Crippen molar-refractivity contribution in [2.45, 2.75) is 18.3 Å². The van der Waals surface area contributed by atoms with E-state index in [-0.39, 0.29) is 5.91 Å². The van der Waals surface area contributed by atoms with Crippen molar-refractivity contribution < 1.29 is 4.79 Å². The van der Waals surface area contributed by atoms with E-state index in [1.165, 1.54) is 0 Å². The average molecular weight is 381 g/mol. The van der Waals surface area contributed by atoms with Crippen LogP contribution in [0.2, 0.25) is 5.02 Å². The zero-order chi connectivity index (χ0) is 18.7. The molecular formula is C21H21ClN4O. The second-order valence-corrected chi connectivity index (χ2v) is 7.30. The first-order valence-electron chi connectivity index (χ1n) is 9.05. The number of anilines is 1. The summed E-state index contributed by atoms with van der Waals surface area (Å²) in [4.78, 5) is 13.3. The Hall–Kier alpha value is -2.63. The minimum absolute atomic E-state index is 0.0160. The second kappa shape index (κ2) is 7.55. The van der Waals surface area contributed by atoms with Gasteiger partial charge in [0.1, 0.15) is 0 Å². The highest BCUT2D eigenvalue weighted by molar-refractivity contribution is 6.30. The van der Waals surface area contributed by atoms with Crippen molar-refractivity contribution in [1.29, 1.82) is 0 Å². The highest BCUT2D eigenvalue weighted by Gasteiger charge is 2.41. The zero-order valence-electron chi connectivity index (χ0n) is 14.8. The Morgan fingerprint density at radius 3 is 2.52 bits per heavy atom. The maximum atomic E-state index is 13.3. The number of nitrogens with zero attached hydrogens (tertiary/aromatic N) is 1. The van der Waals surface area contributed by atoms with Crippen LogP contribution in [0.5, 0.6) is 0 Å². The SMILES string of the molecule is O=C(Nc1cccc(Cl)c1)C1(c2ccc(-c3cn[nH]c3)cc2)CCNCC1. The Morgan fingerprint density at radius 2 is 1.85 bits per heavy atom. The zero-order valence-corrected chi connectivity index (χ0v) is 15.6. The average Bonchev–Trinajstić information content (AvgIpc) is 3.23. The summed E-state index contributed by atoms with van der Waals surface area (Å²) in [7, 11) is 0. The van der Waals surface area contributed by atoms with Crippen molar-refractivity contribution in [3.05, 3.63) is 71.5 Å². The first-order valence-corrected chi connectivity index (χ1v) is 9.43. The van der Waals surface area contributed by atoms with Crippen molar-refractivity contribution in [3.63, 3.8) is 0 Å². The number of carbonyl (C=O) groups is 1. The summed E-state index contributed by atoms with van der Waals surface area (Å²) in [5.41, 5.74) is 3.31. The molecule has 3 N–H and O–H groups in total. The second-order valence-electron chi connectivity index (χ2n) is 6.86. The molecule has 3 aromatic rings. The summed E-state index contributed by atoms with van der Waals surface area (Å²) in [6, 6.07) is 15.5. The summed E-state index contributed by atoms with van der Waals surface area (Å²) in [6.45, 7) is 1.62. The number of halogens is 1. The molecule has 1 aromatic heterocycles. The molecule has 1 aliphatic heterocycles. The first kappa shape index (κ1) is 17.8. The van der Waals surface area contributed by atoms with Crippen LogP contribution in [0.3, 0.4) is 0 Å². The Kier molecular flexibility index (Phi) is 4.97. The lowest BCUT2D eigenvalue weighted by Crippen LogP contribution is -2.48. The van der Waals surface area contributed by atoms with Gasteiger partial charge < -0.3 is 10.6 Å². The molecular weight excluding hydrogens is 360 g/mol. The van der Waals surface area contributed by atoms with Gasteiger partial charge in [-0.25, -0.2) is 0 Å². The van der Waals surface area contributed by atoms with Gasteiger partial charge in [-0.15, -0.1) is 0 Å². The van der Waals surface area contributed by atoms with E-state index in [2.05, 4.69) is 45.1 Å². The van der Waals surface area contributed by atoms with Crippen molar-refractivity contribution in [1.82, 2.24) is 15.5 Å². The summed E-state index contributed by atoms with van der Waals surface area (Å²) >= 11 is 6.06. The van der Waals surface area contributed by atoms with E-state index in [0.717, 1.165) is 48.3 Å². The molecule has 0 spiro atoms. The van der Waals surface area contributed by atoms with Crippen molar-refractivity contribution in [2.24, 2.45) is 0 Å².